The van der Waals surface area contributed by atoms with E-state index in [9.17, 15) is 4.79 Å². The number of anilines is 1. The highest BCUT2D eigenvalue weighted by Gasteiger charge is 2.33. The van der Waals surface area contributed by atoms with Gasteiger partial charge in [-0.05, 0) is 54.9 Å². The van der Waals surface area contributed by atoms with Crippen molar-refractivity contribution >= 4 is 22.6 Å². The fourth-order valence-electron chi connectivity index (χ4n) is 5.26. The largest absolute Gasteiger partial charge is 0.353 e. The second kappa shape index (κ2) is 7.80. The summed E-state index contributed by atoms with van der Waals surface area (Å²) < 4.78 is 0. The summed E-state index contributed by atoms with van der Waals surface area (Å²) in [5.41, 5.74) is 6.21. The minimum atomic E-state index is 0.00428. The van der Waals surface area contributed by atoms with E-state index in [4.69, 9.17) is 4.98 Å². The van der Waals surface area contributed by atoms with Crippen molar-refractivity contribution < 1.29 is 4.79 Å². The molecule has 1 aliphatic heterocycles. The second-order valence-corrected chi connectivity index (χ2v) is 8.76. The number of aromatic amines is 1. The third-order valence-corrected chi connectivity index (χ3v) is 6.96. The van der Waals surface area contributed by atoms with E-state index in [1.54, 1.807) is 6.33 Å². The van der Waals surface area contributed by atoms with Crippen LogP contribution < -0.4 is 4.90 Å². The lowest BCUT2D eigenvalue weighted by atomic mass is 9.73. The number of carbonyl (C=O) groups is 1. The molecule has 2 aliphatic rings. The van der Waals surface area contributed by atoms with Gasteiger partial charge in [0.25, 0.3) is 0 Å². The maximum absolute atomic E-state index is 11.9. The van der Waals surface area contributed by atoms with Crippen molar-refractivity contribution in [3.8, 4) is 0 Å². The Labute approximate surface area is 182 Å². The first-order chi connectivity index (χ1) is 15.1. The van der Waals surface area contributed by atoms with Crippen molar-refractivity contribution in [3.05, 3.63) is 59.7 Å². The highest BCUT2D eigenvalue weighted by Crippen LogP contribution is 2.42. The lowest BCUT2D eigenvalue weighted by Gasteiger charge is -2.38. The molecular weight excluding hydrogens is 388 g/mol. The zero-order valence-corrected chi connectivity index (χ0v) is 18.1. The van der Waals surface area contributed by atoms with Crippen LogP contribution in [0.1, 0.15) is 35.2 Å². The van der Waals surface area contributed by atoms with Crippen LogP contribution in [-0.2, 0) is 17.6 Å². The summed E-state index contributed by atoms with van der Waals surface area (Å²) in [6.45, 7) is 11.1. The van der Waals surface area contributed by atoms with Gasteiger partial charge in [-0.1, -0.05) is 19.6 Å². The van der Waals surface area contributed by atoms with Crippen molar-refractivity contribution in [2.45, 2.75) is 32.6 Å². The summed E-state index contributed by atoms with van der Waals surface area (Å²) >= 11 is 0. The minimum absolute atomic E-state index is 0.00428. The Bertz CT molecular complexity index is 1140. The van der Waals surface area contributed by atoms with E-state index in [-0.39, 0.29) is 5.91 Å². The quantitative estimate of drug-likeness (QED) is 0.664. The predicted molar refractivity (Wildman–Crippen MR) is 121 cm³/mol. The molecule has 2 aromatic heterocycles. The van der Waals surface area contributed by atoms with Gasteiger partial charge >= 0.3 is 0 Å². The van der Waals surface area contributed by atoms with Crippen LogP contribution in [-0.4, -0.2) is 57.2 Å². The van der Waals surface area contributed by atoms with Crippen molar-refractivity contribution in [3.63, 3.8) is 0 Å². The molecule has 3 heterocycles. The smallest absolute Gasteiger partial charge is 0.246 e. The Kier molecular flexibility index (Phi) is 4.96. The number of aryl methyl sites for hydroxylation is 1. The maximum atomic E-state index is 11.9. The van der Waals surface area contributed by atoms with E-state index in [1.807, 2.05) is 11.1 Å². The number of nitrogens with zero attached hydrogens (tertiary/aromatic N) is 5. The molecule has 3 aromatic rings. The van der Waals surface area contributed by atoms with Crippen LogP contribution in [0.4, 0.5) is 5.82 Å². The molecule has 0 spiro atoms. The second-order valence-electron chi connectivity index (χ2n) is 8.76. The third-order valence-electron chi connectivity index (χ3n) is 6.96. The zero-order chi connectivity index (χ0) is 21.5. The molecule has 2 atom stereocenters. The van der Waals surface area contributed by atoms with Crippen LogP contribution in [0.5, 0.6) is 0 Å². The molecule has 1 N–H and O–H groups in total. The average Bonchev–Trinajstić information content (AvgIpc) is 3.27. The summed E-state index contributed by atoms with van der Waals surface area (Å²) in [5.74, 6) is 1.92. The normalized spacial score (nSPS) is 21.2. The molecule has 1 amide bonds. The number of aromatic nitrogens is 4. The Balaban J connectivity index is 1.44. The SMILES string of the molecule is C=CC(=O)N1CCN(c2ncnc3c2C[C@H](C)[C@@H](c2c(C)ccc4[nH]ncc24)C3)CC1. The van der Waals surface area contributed by atoms with Crippen molar-refractivity contribution in [2.75, 3.05) is 31.1 Å². The van der Waals surface area contributed by atoms with E-state index < -0.39 is 0 Å². The molecule has 7 heteroatoms. The molecule has 7 nitrogen and oxygen atoms in total. The first-order valence-electron chi connectivity index (χ1n) is 11.0. The van der Waals surface area contributed by atoms with E-state index in [0.29, 0.717) is 24.9 Å². The van der Waals surface area contributed by atoms with Crippen LogP contribution >= 0.6 is 0 Å². The van der Waals surface area contributed by atoms with Crippen LogP contribution in [0, 0.1) is 12.8 Å². The van der Waals surface area contributed by atoms with Gasteiger partial charge < -0.3 is 9.80 Å². The summed E-state index contributed by atoms with van der Waals surface area (Å²) in [4.78, 5) is 25.4. The standard InChI is InChI=1S/C24H28N6O/c1-4-22(31)29-7-9-30(10-8-29)24-18-11-16(3)17(12-21(18)25-14-26-24)23-15(2)5-6-20-19(23)13-27-28-20/h4-6,13-14,16-17H,1,7-12H2,2-3H3,(H,27,28)/t16-,17-/m0/s1. The third kappa shape index (κ3) is 3.38. The van der Waals surface area contributed by atoms with Crippen LogP contribution in [0.2, 0.25) is 0 Å². The average molecular weight is 417 g/mol. The van der Waals surface area contributed by atoms with Gasteiger partial charge in [0.2, 0.25) is 5.91 Å². The fraction of sp³-hybridized carbons (Fsp3) is 0.417. The highest BCUT2D eigenvalue weighted by atomic mass is 16.2. The number of piperazine rings is 1. The lowest BCUT2D eigenvalue weighted by molar-refractivity contribution is -0.126. The number of benzene rings is 1. The highest BCUT2D eigenvalue weighted by molar-refractivity contribution is 5.87. The molecule has 31 heavy (non-hydrogen) atoms. The predicted octanol–water partition coefficient (Wildman–Crippen LogP) is 3.01. The van der Waals surface area contributed by atoms with Crippen molar-refractivity contribution in [2.24, 2.45) is 5.92 Å². The van der Waals surface area contributed by atoms with E-state index >= 15 is 0 Å². The Hall–Kier alpha value is -3.22. The minimum Gasteiger partial charge on any atom is -0.353 e. The van der Waals surface area contributed by atoms with Gasteiger partial charge in [0, 0.05) is 42.8 Å². The maximum Gasteiger partial charge on any atom is 0.246 e. The number of fused-ring (bicyclic) bond motifs is 2. The van der Waals surface area contributed by atoms with E-state index in [2.05, 4.69) is 52.6 Å². The molecule has 1 saturated heterocycles. The van der Waals surface area contributed by atoms with Crippen molar-refractivity contribution in [1.29, 1.82) is 0 Å². The van der Waals surface area contributed by atoms with Crippen LogP contribution in [0.3, 0.4) is 0 Å². The summed E-state index contributed by atoms with van der Waals surface area (Å²) in [6, 6.07) is 4.30. The molecule has 0 unspecified atom stereocenters. The molecule has 1 aliphatic carbocycles. The number of hydrogen-bond donors (Lipinski definition) is 1. The number of rotatable bonds is 3. The summed E-state index contributed by atoms with van der Waals surface area (Å²) in [6.07, 6.45) is 6.91. The number of H-pyrrole nitrogens is 1. The molecule has 1 fully saturated rings. The van der Waals surface area contributed by atoms with E-state index in [1.165, 1.54) is 28.2 Å². The van der Waals surface area contributed by atoms with Gasteiger partial charge in [-0.25, -0.2) is 9.97 Å². The van der Waals surface area contributed by atoms with Gasteiger partial charge in [0.1, 0.15) is 12.1 Å². The first kappa shape index (κ1) is 19.7. The Morgan fingerprint density at radius 1 is 1.19 bits per heavy atom. The molecule has 160 valence electrons. The topological polar surface area (TPSA) is 78.0 Å². The Morgan fingerprint density at radius 2 is 2.00 bits per heavy atom. The number of hydrogen-bond acceptors (Lipinski definition) is 5. The number of nitrogens with one attached hydrogen (secondary N) is 1. The van der Waals surface area contributed by atoms with Gasteiger partial charge in [-0.2, -0.15) is 5.10 Å². The van der Waals surface area contributed by atoms with Crippen LogP contribution in [0.25, 0.3) is 10.9 Å². The van der Waals surface area contributed by atoms with Crippen molar-refractivity contribution in [1.82, 2.24) is 25.1 Å². The van der Waals surface area contributed by atoms with Gasteiger partial charge in [0.15, 0.2) is 0 Å². The molecule has 1 aromatic carbocycles. The van der Waals surface area contributed by atoms with Gasteiger partial charge in [0.05, 0.1) is 11.7 Å². The molecule has 0 bridgehead atoms. The molecule has 0 saturated carbocycles. The lowest BCUT2D eigenvalue weighted by Crippen LogP contribution is -2.49. The summed E-state index contributed by atoms with van der Waals surface area (Å²) in [5, 5.41) is 8.61. The number of carbonyl (C=O) groups excluding carboxylic acids is 1. The summed E-state index contributed by atoms with van der Waals surface area (Å²) in [7, 11) is 0. The molecular formula is C24H28N6O. The first-order valence-corrected chi connectivity index (χ1v) is 11.0. The molecule has 0 radical (unpaired) electrons. The fourth-order valence-corrected chi connectivity index (χ4v) is 5.26. The number of amides is 1. The van der Waals surface area contributed by atoms with Gasteiger partial charge in [-0.3, -0.25) is 9.89 Å². The zero-order valence-electron chi connectivity index (χ0n) is 18.1. The van der Waals surface area contributed by atoms with Gasteiger partial charge in [-0.15, -0.1) is 0 Å². The van der Waals surface area contributed by atoms with E-state index in [0.717, 1.165) is 43.0 Å². The van der Waals surface area contributed by atoms with Crippen LogP contribution in [0.15, 0.2) is 37.3 Å². The monoisotopic (exact) mass is 416 g/mol. The molecule has 5 rings (SSSR count). The Morgan fingerprint density at radius 3 is 2.77 bits per heavy atom.